The predicted molar refractivity (Wildman–Crippen MR) is 56.6 cm³/mol. The van der Waals surface area contributed by atoms with Gasteiger partial charge in [0.25, 0.3) is 11.5 Å². The number of nitrogens with one attached hydrogen (secondary N) is 1. The second-order valence-corrected chi connectivity index (χ2v) is 4.21. The molecule has 0 bridgehead atoms. The van der Waals surface area contributed by atoms with E-state index < -0.39 is 42.5 Å². The normalized spacial score (nSPS) is 26.4. The van der Waals surface area contributed by atoms with E-state index in [9.17, 15) is 18.4 Å². The van der Waals surface area contributed by atoms with E-state index in [0.717, 1.165) is 4.57 Å². The molecule has 0 amide bonds. The van der Waals surface area contributed by atoms with Gasteiger partial charge >= 0.3 is 5.69 Å². The predicted octanol–water partition coefficient (Wildman–Crippen LogP) is -0.240. The van der Waals surface area contributed by atoms with E-state index in [1.54, 1.807) is 0 Å². The first-order valence-electron chi connectivity index (χ1n) is 5.31. The summed E-state index contributed by atoms with van der Waals surface area (Å²) < 4.78 is 32.6. The van der Waals surface area contributed by atoms with Crippen molar-refractivity contribution in [3.05, 3.63) is 32.6 Å². The van der Waals surface area contributed by atoms with Crippen molar-refractivity contribution in [1.29, 1.82) is 0 Å². The average molecular weight is 262 g/mol. The summed E-state index contributed by atoms with van der Waals surface area (Å²) in [6, 6.07) is 0. The molecule has 2 rings (SSSR count). The molecule has 8 heteroatoms. The van der Waals surface area contributed by atoms with Gasteiger partial charge in [0.1, 0.15) is 12.3 Å². The summed E-state index contributed by atoms with van der Waals surface area (Å²) in [7, 11) is 0. The summed E-state index contributed by atoms with van der Waals surface area (Å²) in [5, 5.41) is 8.78. The lowest BCUT2D eigenvalue weighted by Crippen LogP contribution is -2.33. The lowest BCUT2D eigenvalue weighted by molar-refractivity contribution is -0.102. The molecule has 100 valence electrons. The number of nitrogens with zero attached hydrogens (tertiary/aromatic N) is 1. The highest BCUT2D eigenvalue weighted by atomic mass is 19.3. The third kappa shape index (κ3) is 2.08. The van der Waals surface area contributed by atoms with Crippen molar-refractivity contribution in [3.8, 4) is 0 Å². The van der Waals surface area contributed by atoms with Gasteiger partial charge in [0, 0.05) is 11.8 Å². The number of aryl methyl sites for hydroxylation is 1. The van der Waals surface area contributed by atoms with Crippen LogP contribution in [0.25, 0.3) is 0 Å². The zero-order chi connectivity index (χ0) is 13.5. The van der Waals surface area contributed by atoms with Crippen LogP contribution < -0.4 is 11.2 Å². The number of ether oxygens (including phenoxy) is 1. The maximum Gasteiger partial charge on any atom is 0.330 e. The number of rotatable bonds is 2. The number of hydrogen-bond donors (Lipinski definition) is 2. The Morgan fingerprint density at radius 1 is 1.61 bits per heavy atom. The van der Waals surface area contributed by atoms with Crippen molar-refractivity contribution >= 4 is 0 Å². The molecule has 0 spiro atoms. The van der Waals surface area contributed by atoms with Crippen molar-refractivity contribution in [2.45, 2.75) is 31.6 Å². The van der Waals surface area contributed by atoms with Crippen molar-refractivity contribution in [2.75, 3.05) is 6.61 Å². The second-order valence-electron chi connectivity index (χ2n) is 4.21. The summed E-state index contributed by atoms with van der Waals surface area (Å²) >= 11 is 0. The topological polar surface area (TPSA) is 84.3 Å². The highest BCUT2D eigenvalue weighted by molar-refractivity contribution is 5.02. The van der Waals surface area contributed by atoms with Crippen LogP contribution >= 0.6 is 0 Å². The number of aromatic nitrogens is 2. The number of halogens is 2. The molecule has 1 aliphatic heterocycles. The van der Waals surface area contributed by atoms with Gasteiger partial charge in [-0.25, -0.2) is 13.6 Å². The van der Waals surface area contributed by atoms with Crippen LogP contribution in [0.15, 0.2) is 15.8 Å². The van der Waals surface area contributed by atoms with Crippen LogP contribution in [0.5, 0.6) is 0 Å². The van der Waals surface area contributed by atoms with Gasteiger partial charge in [0.05, 0.1) is 13.0 Å². The molecule has 1 aromatic heterocycles. The molecule has 2 heterocycles. The van der Waals surface area contributed by atoms with Gasteiger partial charge in [-0.3, -0.25) is 14.3 Å². The van der Waals surface area contributed by atoms with Gasteiger partial charge in [-0.05, 0) is 6.92 Å². The zero-order valence-corrected chi connectivity index (χ0v) is 9.52. The lowest BCUT2D eigenvalue weighted by Gasteiger charge is -2.14. The van der Waals surface area contributed by atoms with Crippen molar-refractivity contribution in [2.24, 2.45) is 0 Å². The molecule has 1 saturated heterocycles. The Morgan fingerprint density at radius 2 is 2.28 bits per heavy atom. The molecule has 1 aromatic rings. The number of aliphatic hydroxyl groups excluding tert-OH is 1. The SMILES string of the molecule is Cc1cn([C@H]2CC(F)(F)[C@@H](CO)O2)c(=O)[nH]c1=O. The molecule has 6 nitrogen and oxygen atoms in total. The molecule has 2 N–H and O–H groups in total. The number of aliphatic hydroxyl groups is 1. The Bertz CT molecular complexity index is 566. The fourth-order valence-electron chi connectivity index (χ4n) is 1.84. The van der Waals surface area contributed by atoms with Gasteiger partial charge < -0.3 is 9.84 Å². The van der Waals surface area contributed by atoms with E-state index in [-0.39, 0.29) is 5.56 Å². The van der Waals surface area contributed by atoms with Crippen LogP contribution in [0.4, 0.5) is 8.78 Å². The minimum absolute atomic E-state index is 0.217. The first-order valence-corrected chi connectivity index (χ1v) is 5.31. The van der Waals surface area contributed by atoms with Crippen LogP contribution in [-0.4, -0.2) is 33.3 Å². The minimum Gasteiger partial charge on any atom is -0.393 e. The molecule has 0 unspecified atom stereocenters. The monoisotopic (exact) mass is 262 g/mol. The average Bonchev–Trinajstić information content (AvgIpc) is 2.58. The van der Waals surface area contributed by atoms with Crippen LogP contribution in [-0.2, 0) is 4.74 Å². The fraction of sp³-hybridized carbons (Fsp3) is 0.600. The van der Waals surface area contributed by atoms with Gasteiger partial charge in [-0.15, -0.1) is 0 Å². The summed E-state index contributed by atoms with van der Waals surface area (Å²) in [6.45, 7) is 0.617. The summed E-state index contributed by atoms with van der Waals surface area (Å²) in [5.41, 5.74) is -1.17. The number of H-pyrrole nitrogens is 1. The highest BCUT2D eigenvalue weighted by Crippen LogP contribution is 2.39. The first kappa shape index (κ1) is 12.9. The maximum atomic E-state index is 13.4. The van der Waals surface area contributed by atoms with E-state index in [0.29, 0.717) is 0 Å². The quantitative estimate of drug-likeness (QED) is 0.770. The van der Waals surface area contributed by atoms with Crippen LogP contribution in [0, 0.1) is 6.92 Å². The van der Waals surface area contributed by atoms with Gasteiger partial charge in [-0.2, -0.15) is 0 Å². The molecule has 0 saturated carbocycles. The van der Waals surface area contributed by atoms with Crippen molar-refractivity contribution in [1.82, 2.24) is 9.55 Å². The summed E-state index contributed by atoms with van der Waals surface area (Å²) in [6.07, 6.45) is -2.38. The Hall–Kier alpha value is -1.54. The minimum atomic E-state index is -3.21. The molecule has 0 aliphatic carbocycles. The zero-order valence-electron chi connectivity index (χ0n) is 9.52. The van der Waals surface area contributed by atoms with E-state index in [1.807, 2.05) is 4.98 Å². The fourth-order valence-corrected chi connectivity index (χ4v) is 1.84. The number of alkyl halides is 2. The van der Waals surface area contributed by atoms with Crippen LogP contribution in [0.1, 0.15) is 18.2 Å². The molecular weight excluding hydrogens is 250 g/mol. The van der Waals surface area contributed by atoms with Crippen molar-refractivity contribution < 1.29 is 18.6 Å². The molecule has 2 atom stereocenters. The van der Waals surface area contributed by atoms with Crippen molar-refractivity contribution in [3.63, 3.8) is 0 Å². The second kappa shape index (κ2) is 4.29. The standard InChI is InChI=1S/C10H12F2N2O4/c1-5-3-14(9(17)13-8(5)16)7-2-10(11,12)6(4-15)18-7/h3,6-7,15H,2,4H2,1H3,(H,13,16,17)/t6-,7-/m1/s1. The molecule has 1 aliphatic rings. The number of hydrogen-bond acceptors (Lipinski definition) is 4. The van der Waals surface area contributed by atoms with E-state index >= 15 is 0 Å². The van der Waals surface area contributed by atoms with Gasteiger partial charge in [0.2, 0.25) is 0 Å². The van der Waals surface area contributed by atoms with Gasteiger partial charge in [0.15, 0.2) is 0 Å². The molecule has 1 fully saturated rings. The van der Waals surface area contributed by atoms with Gasteiger partial charge in [-0.1, -0.05) is 0 Å². The Labute approximate surface area is 99.8 Å². The molecule has 0 aromatic carbocycles. The Kier molecular flexibility index (Phi) is 3.07. The number of aromatic amines is 1. The summed E-state index contributed by atoms with van der Waals surface area (Å²) in [4.78, 5) is 24.7. The first-order chi connectivity index (χ1) is 8.35. The molecular formula is C10H12F2N2O4. The van der Waals surface area contributed by atoms with Crippen LogP contribution in [0.2, 0.25) is 0 Å². The van der Waals surface area contributed by atoms with E-state index in [2.05, 4.69) is 0 Å². The van der Waals surface area contributed by atoms with E-state index in [4.69, 9.17) is 9.84 Å². The van der Waals surface area contributed by atoms with Crippen LogP contribution in [0.3, 0.4) is 0 Å². The molecule has 18 heavy (non-hydrogen) atoms. The van der Waals surface area contributed by atoms with E-state index in [1.165, 1.54) is 13.1 Å². The third-order valence-corrected chi connectivity index (χ3v) is 2.86. The highest BCUT2D eigenvalue weighted by Gasteiger charge is 2.50. The third-order valence-electron chi connectivity index (χ3n) is 2.86. The smallest absolute Gasteiger partial charge is 0.330 e. The Balaban J connectivity index is 2.38. The lowest BCUT2D eigenvalue weighted by atomic mass is 10.1. The Morgan fingerprint density at radius 3 is 2.83 bits per heavy atom. The molecule has 0 radical (unpaired) electrons. The summed E-state index contributed by atoms with van der Waals surface area (Å²) in [5.74, 6) is -3.21. The maximum absolute atomic E-state index is 13.4. The largest absolute Gasteiger partial charge is 0.393 e.